The van der Waals surface area contributed by atoms with Crippen LogP contribution in [0.2, 0.25) is 5.02 Å². The highest BCUT2D eigenvalue weighted by molar-refractivity contribution is 6.30. The van der Waals surface area contributed by atoms with E-state index in [-0.39, 0.29) is 30.5 Å². The summed E-state index contributed by atoms with van der Waals surface area (Å²) in [5, 5.41) is 8.19. The molecule has 0 bridgehead atoms. The summed E-state index contributed by atoms with van der Waals surface area (Å²) in [7, 11) is 0. The van der Waals surface area contributed by atoms with Gasteiger partial charge >= 0.3 is 0 Å². The Hall–Kier alpha value is -2.14. The van der Waals surface area contributed by atoms with Crippen LogP contribution in [-0.4, -0.2) is 21.7 Å². The summed E-state index contributed by atoms with van der Waals surface area (Å²) in [6, 6.07) is 10.7. The Balaban J connectivity index is 1.63. The zero-order chi connectivity index (χ0) is 19.4. The van der Waals surface area contributed by atoms with E-state index in [4.69, 9.17) is 11.6 Å². The largest absolute Gasteiger partial charge is 0.353 e. The number of hydrogen-bond donors (Lipinski definition) is 1. The molecule has 6 heteroatoms. The monoisotopic (exact) mass is 387 g/mol. The van der Waals surface area contributed by atoms with Crippen molar-refractivity contribution < 1.29 is 4.79 Å². The third-order valence-corrected chi connectivity index (χ3v) is 5.86. The third-order valence-electron chi connectivity index (χ3n) is 5.61. The second-order valence-electron chi connectivity index (χ2n) is 7.48. The minimum Gasteiger partial charge on any atom is -0.353 e. The zero-order valence-electron chi connectivity index (χ0n) is 15.8. The number of benzene rings is 1. The fraction of sp³-hybridized carbons (Fsp3) is 0.476. The van der Waals surface area contributed by atoms with Gasteiger partial charge in [0, 0.05) is 29.1 Å². The molecule has 0 radical (unpaired) electrons. The average Bonchev–Trinajstić information content (AvgIpc) is 2.65. The van der Waals surface area contributed by atoms with Crippen molar-refractivity contribution in [1.82, 2.24) is 15.1 Å². The van der Waals surface area contributed by atoms with Crippen molar-refractivity contribution in [3.63, 3.8) is 0 Å². The van der Waals surface area contributed by atoms with Gasteiger partial charge < -0.3 is 5.32 Å². The van der Waals surface area contributed by atoms with Crippen molar-refractivity contribution in [2.24, 2.45) is 11.8 Å². The molecule has 5 nitrogen and oxygen atoms in total. The lowest BCUT2D eigenvalue weighted by atomic mass is 9.78. The maximum atomic E-state index is 12.4. The predicted octanol–water partition coefficient (Wildman–Crippen LogP) is 3.89. The molecule has 1 aliphatic rings. The maximum Gasteiger partial charge on any atom is 0.266 e. The van der Waals surface area contributed by atoms with Gasteiger partial charge in [-0.15, -0.1) is 0 Å². The topological polar surface area (TPSA) is 64.0 Å². The van der Waals surface area contributed by atoms with Gasteiger partial charge in [0.05, 0.1) is 12.2 Å². The third kappa shape index (κ3) is 4.98. The molecule has 1 N–H and O–H groups in total. The van der Waals surface area contributed by atoms with Crippen molar-refractivity contribution in [3.8, 4) is 11.3 Å². The summed E-state index contributed by atoms with van der Waals surface area (Å²) >= 11 is 5.92. The quantitative estimate of drug-likeness (QED) is 0.846. The van der Waals surface area contributed by atoms with Gasteiger partial charge in [-0.25, -0.2) is 4.68 Å². The Kier molecular flexibility index (Phi) is 6.32. The number of aromatic nitrogens is 2. The van der Waals surface area contributed by atoms with Gasteiger partial charge in [-0.1, -0.05) is 50.4 Å². The molecule has 1 heterocycles. The fourth-order valence-corrected chi connectivity index (χ4v) is 3.78. The van der Waals surface area contributed by atoms with E-state index >= 15 is 0 Å². The van der Waals surface area contributed by atoms with Crippen molar-refractivity contribution in [2.75, 3.05) is 0 Å². The minimum atomic E-state index is -0.208. The molecule has 144 valence electrons. The van der Waals surface area contributed by atoms with E-state index in [1.165, 1.54) is 17.2 Å². The molecular formula is C21H26ClN3O2. The average molecular weight is 388 g/mol. The first kappa shape index (κ1) is 19.6. The number of hydrogen-bond acceptors (Lipinski definition) is 3. The number of carbonyl (C=O) groups is 1. The van der Waals surface area contributed by atoms with Crippen LogP contribution >= 0.6 is 11.6 Å². The van der Waals surface area contributed by atoms with E-state index in [1.54, 1.807) is 18.2 Å². The van der Waals surface area contributed by atoms with Gasteiger partial charge in [0.25, 0.3) is 5.56 Å². The summed E-state index contributed by atoms with van der Waals surface area (Å²) in [5.41, 5.74) is 1.35. The lowest BCUT2D eigenvalue weighted by Crippen LogP contribution is -2.44. The SMILES string of the molecule is C[C@@H]1[C@H](C)CCC[C@@H]1NC(=O)CCn1nc(-c2ccc(Cl)cc2)ccc1=O. The van der Waals surface area contributed by atoms with E-state index in [2.05, 4.69) is 24.3 Å². The molecule has 1 fully saturated rings. The molecule has 0 saturated heterocycles. The Morgan fingerprint density at radius 2 is 1.93 bits per heavy atom. The molecule has 1 saturated carbocycles. The van der Waals surface area contributed by atoms with E-state index in [9.17, 15) is 9.59 Å². The van der Waals surface area contributed by atoms with Gasteiger partial charge in [0.15, 0.2) is 0 Å². The molecule has 0 unspecified atom stereocenters. The highest BCUT2D eigenvalue weighted by Crippen LogP contribution is 2.29. The van der Waals surface area contributed by atoms with Crippen molar-refractivity contribution in [1.29, 1.82) is 0 Å². The molecule has 0 spiro atoms. The molecule has 2 aromatic rings. The molecule has 1 aromatic heterocycles. The molecule has 27 heavy (non-hydrogen) atoms. The van der Waals surface area contributed by atoms with E-state index in [0.29, 0.717) is 22.6 Å². The first-order valence-electron chi connectivity index (χ1n) is 9.57. The van der Waals surface area contributed by atoms with Crippen LogP contribution < -0.4 is 10.9 Å². The lowest BCUT2D eigenvalue weighted by molar-refractivity contribution is -0.122. The number of carbonyl (C=O) groups excluding carboxylic acids is 1. The second-order valence-corrected chi connectivity index (χ2v) is 7.91. The predicted molar refractivity (Wildman–Crippen MR) is 108 cm³/mol. The van der Waals surface area contributed by atoms with Crippen molar-refractivity contribution in [3.05, 3.63) is 51.8 Å². The summed E-state index contributed by atoms with van der Waals surface area (Å²) in [6.07, 6.45) is 3.65. The molecule has 1 aromatic carbocycles. The number of nitrogens with one attached hydrogen (secondary N) is 1. The molecule has 3 rings (SSSR count). The number of nitrogens with zero attached hydrogens (tertiary/aromatic N) is 2. The molecular weight excluding hydrogens is 362 g/mol. The summed E-state index contributed by atoms with van der Waals surface area (Å²) < 4.78 is 1.36. The number of rotatable bonds is 5. The summed E-state index contributed by atoms with van der Waals surface area (Å²) in [4.78, 5) is 24.5. The Morgan fingerprint density at radius 3 is 2.67 bits per heavy atom. The Bertz CT molecular complexity index is 847. The summed E-state index contributed by atoms with van der Waals surface area (Å²) in [5.74, 6) is 1.09. The smallest absolute Gasteiger partial charge is 0.266 e. The van der Waals surface area contributed by atoms with Gasteiger partial charge in [-0.3, -0.25) is 9.59 Å². The highest BCUT2D eigenvalue weighted by Gasteiger charge is 2.27. The number of amides is 1. The van der Waals surface area contributed by atoms with Crippen molar-refractivity contribution >= 4 is 17.5 Å². The van der Waals surface area contributed by atoms with Gasteiger partial charge in [0.1, 0.15) is 0 Å². The molecule has 0 aliphatic heterocycles. The standard InChI is InChI=1S/C21H26ClN3O2/c1-14-4-3-5-18(15(14)2)23-20(26)12-13-25-21(27)11-10-19(24-25)16-6-8-17(22)9-7-16/h6-11,14-15,18H,3-5,12-13H2,1-2H3,(H,23,26)/t14-,15-,18+/m1/s1. The van der Waals surface area contributed by atoms with Crippen LogP contribution in [0.3, 0.4) is 0 Å². The zero-order valence-corrected chi connectivity index (χ0v) is 16.6. The maximum absolute atomic E-state index is 12.4. The van der Waals surface area contributed by atoms with Crippen LogP contribution in [0.25, 0.3) is 11.3 Å². The Labute approximate surface area is 164 Å². The molecule has 1 aliphatic carbocycles. The van der Waals surface area contributed by atoms with Crippen LogP contribution in [0.5, 0.6) is 0 Å². The number of halogens is 1. The normalized spacial score (nSPS) is 22.4. The van der Waals surface area contributed by atoms with Crippen LogP contribution in [-0.2, 0) is 11.3 Å². The molecule has 3 atom stereocenters. The lowest BCUT2D eigenvalue weighted by Gasteiger charge is -2.34. The first-order valence-corrected chi connectivity index (χ1v) is 9.95. The molecule has 1 amide bonds. The van der Waals surface area contributed by atoms with Crippen LogP contribution in [0.1, 0.15) is 39.5 Å². The van der Waals surface area contributed by atoms with Crippen LogP contribution in [0.15, 0.2) is 41.2 Å². The van der Waals surface area contributed by atoms with E-state index in [1.807, 2.05) is 12.1 Å². The van der Waals surface area contributed by atoms with Gasteiger partial charge in [0.2, 0.25) is 5.91 Å². The summed E-state index contributed by atoms with van der Waals surface area (Å²) in [6.45, 7) is 4.72. The second kappa shape index (κ2) is 8.70. The minimum absolute atomic E-state index is 0.0217. The Morgan fingerprint density at radius 1 is 1.19 bits per heavy atom. The van der Waals surface area contributed by atoms with E-state index < -0.39 is 0 Å². The van der Waals surface area contributed by atoms with E-state index in [0.717, 1.165) is 18.4 Å². The van der Waals surface area contributed by atoms with Crippen LogP contribution in [0, 0.1) is 11.8 Å². The highest BCUT2D eigenvalue weighted by atomic mass is 35.5. The van der Waals surface area contributed by atoms with Crippen molar-refractivity contribution in [2.45, 2.75) is 52.1 Å². The number of aryl methyl sites for hydroxylation is 1. The van der Waals surface area contributed by atoms with Gasteiger partial charge in [-0.2, -0.15) is 5.10 Å². The van der Waals surface area contributed by atoms with Crippen LogP contribution in [0.4, 0.5) is 0 Å². The fourth-order valence-electron chi connectivity index (χ4n) is 3.66. The van der Waals surface area contributed by atoms with Gasteiger partial charge in [-0.05, 0) is 36.5 Å². The first-order chi connectivity index (χ1) is 12.9.